The quantitative estimate of drug-likeness (QED) is 0.728. The Hall–Kier alpha value is -1.95. The van der Waals surface area contributed by atoms with Crippen molar-refractivity contribution >= 4 is 27.0 Å². The molecule has 0 saturated heterocycles. The van der Waals surface area contributed by atoms with E-state index in [9.17, 15) is 0 Å². The first-order chi connectivity index (χ1) is 9.15. The molecule has 19 heavy (non-hydrogen) atoms. The van der Waals surface area contributed by atoms with Crippen molar-refractivity contribution in [2.45, 2.75) is 6.92 Å². The highest BCUT2D eigenvalue weighted by molar-refractivity contribution is 9.10. The Morgan fingerprint density at radius 3 is 2.89 bits per heavy atom. The summed E-state index contributed by atoms with van der Waals surface area (Å²) in [5, 5.41) is 4.95. The highest BCUT2D eigenvalue weighted by Crippen LogP contribution is 2.28. The van der Waals surface area contributed by atoms with Gasteiger partial charge < -0.3 is 4.74 Å². The second-order valence-corrected chi connectivity index (χ2v) is 5.05. The summed E-state index contributed by atoms with van der Waals surface area (Å²) in [6.07, 6.45) is 3.18. The number of ether oxygens (including phenoxy) is 1. The second kappa shape index (κ2) is 4.62. The lowest BCUT2D eigenvalue weighted by molar-refractivity contribution is 0.467. The number of benzene rings is 1. The summed E-state index contributed by atoms with van der Waals surface area (Å²) in [6.45, 7) is 2.01. The summed E-state index contributed by atoms with van der Waals surface area (Å²) >= 11 is 3.46. The first kappa shape index (κ1) is 12.1. The number of hydrogen-bond acceptors (Lipinski definition) is 4. The number of aromatic nitrogens is 4. The largest absolute Gasteiger partial charge is 0.438 e. The molecule has 0 unspecified atom stereocenters. The SMILES string of the molecule is Cc1cc(Oc2ncnc3c2cnn3C)ccc1Br. The molecule has 0 aliphatic heterocycles. The zero-order valence-corrected chi connectivity index (χ0v) is 12.0. The van der Waals surface area contributed by atoms with Gasteiger partial charge in [-0.15, -0.1) is 0 Å². The smallest absolute Gasteiger partial charge is 0.233 e. The summed E-state index contributed by atoms with van der Waals surface area (Å²) in [6, 6.07) is 5.79. The molecular formula is C13H11BrN4O. The Kier molecular flexibility index (Phi) is 2.94. The van der Waals surface area contributed by atoms with Gasteiger partial charge in [0, 0.05) is 11.5 Å². The summed E-state index contributed by atoms with van der Waals surface area (Å²) < 4.78 is 8.56. The number of aryl methyl sites for hydroxylation is 2. The predicted molar refractivity (Wildman–Crippen MR) is 75.3 cm³/mol. The van der Waals surface area contributed by atoms with Crippen molar-refractivity contribution in [3.05, 3.63) is 40.8 Å². The van der Waals surface area contributed by atoms with Crippen LogP contribution in [0.15, 0.2) is 35.2 Å². The lowest BCUT2D eigenvalue weighted by Crippen LogP contribution is -1.94. The Labute approximate surface area is 118 Å². The van der Waals surface area contributed by atoms with Crippen molar-refractivity contribution in [3.63, 3.8) is 0 Å². The average Bonchev–Trinajstić information content (AvgIpc) is 2.77. The molecular weight excluding hydrogens is 308 g/mol. The average molecular weight is 319 g/mol. The van der Waals surface area contributed by atoms with E-state index in [1.165, 1.54) is 6.33 Å². The molecule has 0 bridgehead atoms. The van der Waals surface area contributed by atoms with Crippen molar-refractivity contribution in [1.29, 1.82) is 0 Å². The highest BCUT2D eigenvalue weighted by Gasteiger charge is 2.10. The minimum absolute atomic E-state index is 0.514. The predicted octanol–water partition coefficient (Wildman–Crippen LogP) is 3.23. The van der Waals surface area contributed by atoms with Crippen LogP contribution in [0.1, 0.15) is 5.56 Å². The standard InChI is InChI=1S/C13H11BrN4O/c1-8-5-9(3-4-11(8)14)19-13-10-6-17-18(2)12(10)15-7-16-13/h3-7H,1-2H3. The van der Waals surface area contributed by atoms with Crippen molar-refractivity contribution in [3.8, 4) is 11.6 Å². The Morgan fingerprint density at radius 1 is 1.26 bits per heavy atom. The van der Waals surface area contributed by atoms with Crippen LogP contribution in [-0.4, -0.2) is 19.7 Å². The lowest BCUT2D eigenvalue weighted by Gasteiger charge is -2.07. The molecule has 96 valence electrons. The van der Waals surface area contributed by atoms with Gasteiger partial charge in [-0.3, -0.25) is 4.68 Å². The molecule has 3 rings (SSSR count). The number of hydrogen-bond donors (Lipinski definition) is 0. The molecule has 6 heteroatoms. The number of fused-ring (bicyclic) bond motifs is 1. The van der Waals surface area contributed by atoms with Gasteiger partial charge in [0.2, 0.25) is 5.88 Å². The normalized spacial score (nSPS) is 10.9. The van der Waals surface area contributed by atoms with E-state index in [0.717, 1.165) is 26.8 Å². The second-order valence-electron chi connectivity index (χ2n) is 4.20. The summed E-state index contributed by atoms with van der Waals surface area (Å²) in [5.41, 5.74) is 1.85. The minimum atomic E-state index is 0.514. The van der Waals surface area contributed by atoms with E-state index in [-0.39, 0.29) is 0 Å². The molecule has 3 aromatic rings. The Morgan fingerprint density at radius 2 is 2.11 bits per heavy atom. The van der Waals surface area contributed by atoms with Crippen LogP contribution in [-0.2, 0) is 7.05 Å². The lowest BCUT2D eigenvalue weighted by atomic mass is 10.2. The number of rotatable bonds is 2. The van der Waals surface area contributed by atoms with E-state index in [1.54, 1.807) is 10.9 Å². The van der Waals surface area contributed by atoms with Gasteiger partial charge in [0.25, 0.3) is 0 Å². The van der Waals surface area contributed by atoms with Gasteiger partial charge in [-0.25, -0.2) is 9.97 Å². The Bertz CT molecular complexity index is 753. The highest BCUT2D eigenvalue weighted by atomic mass is 79.9. The molecule has 0 aliphatic rings. The molecule has 0 aliphatic carbocycles. The van der Waals surface area contributed by atoms with Gasteiger partial charge in [0.15, 0.2) is 5.65 Å². The first-order valence-electron chi connectivity index (χ1n) is 5.72. The molecule has 5 nitrogen and oxygen atoms in total. The molecule has 0 spiro atoms. The van der Waals surface area contributed by atoms with Gasteiger partial charge in [0.1, 0.15) is 17.5 Å². The van der Waals surface area contributed by atoms with Crippen LogP contribution < -0.4 is 4.74 Å². The van der Waals surface area contributed by atoms with Crippen molar-refractivity contribution in [2.24, 2.45) is 7.05 Å². The van der Waals surface area contributed by atoms with Gasteiger partial charge in [0.05, 0.1) is 6.20 Å². The van der Waals surface area contributed by atoms with Crippen LogP contribution in [0.4, 0.5) is 0 Å². The number of halogens is 1. The van der Waals surface area contributed by atoms with Crippen molar-refractivity contribution in [2.75, 3.05) is 0 Å². The molecule has 0 radical (unpaired) electrons. The molecule has 2 aromatic heterocycles. The van der Waals surface area contributed by atoms with Crippen LogP contribution in [0.25, 0.3) is 11.0 Å². The fourth-order valence-electron chi connectivity index (χ4n) is 1.81. The van der Waals surface area contributed by atoms with Gasteiger partial charge >= 0.3 is 0 Å². The molecule has 2 heterocycles. The summed E-state index contributed by atoms with van der Waals surface area (Å²) in [5.74, 6) is 1.25. The first-order valence-corrected chi connectivity index (χ1v) is 6.51. The molecule has 0 N–H and O–H groups in total. The van der Waals surface area contributed by atoms with Gasteiger partial charge in [-0.1, -0.05) is 15.9 Å². The van der Waals surface area contributed by atoms with Crippen LogP contribution in [0.3, 0.4) is 0 Å². The van der Waals surface area contributed by atoms with Gasteiger partial charge in [-0.05, 0) is 30.7 Å². The molecule has 0 atom stereocenters. The minimum Gasteiger partial charge on any atom is -0.438 e. The summed E-state index contributed by atoms with van der Waals surface area (Å²) in [4.78, 5) is 8.35. The van der Waals surface area contributed by atoms with Crippen molar-refractivity contribution < 1.29 is 4.74 Å². The molecule has 0 fully saturated rings. The van der Waals surface area contributed by atoms with E-state index in [1.807, 2.05) is 32.2 Å². The van der Waals surface area contributed by atoms with Crippen molar-refractivity contribution in [1.82, 2.24) is 19.7 Å². The third kappa shape index (κ3) is 2.19. The Balaban J connectivity index is 2.03. The van der Waals surface area contributed by atoms with Crippen LogP contribution in [0.5, 0.6) is 11.6 Å². The third-order valence-corrected chi connectivity index (χ3v) is 3.73. The molecule has 1 aromatic carbocycles. The maximum Gasteiger partial charge on any atom is 0.233 e. The van der Waals surface area contributed by atoms with E-state index < -0.39 is 0 Å². The van der Waals surface area contributed by atoms with Crippen LogP contribution in [0.2, 0.25) is 0 Å². The zero-order valence-electron chi connectivity index (χ0n) is 10.5. The fourth-order valence-corrected chi connectivity index (χ4v) is 2.06. The fraction of sp³-hybridized carbons (Fsp3) is 0.154. The van der Waals surface area contributed by atoms with Gasteiger partial charge in [-0.2, -0.15) is 5.10 Å². The van der Waals surface area contributed by atoms with E-state index in [2.05, 4.69) is 31.0 Å². The maximum absolute atomic E-state index is 5.82. The van der Waals surface area contributed by atoms with E-state index >= 15 is 0 Å². The monoisotopic (exact) mass is 318 g/mol. The summed E-state index contributed by atoms with van der Waals surface area (Å²) in [7, 11) is 1.84. The topological polar surface area (TPSA) is 52.8 Å². The third-order valence-electron chi connectivity index (χ3n) is 2.84. The maximum atomic E-state index is 5.82. The molecule has 0 saturated carbocycles. The van der Waals surface area contributed by atoms with Crippen LogP contribution in [0, 0.1) is 6.92 Å². The zero-order chi connectivity index (χ0) is 13.4. The molecule has 0 amide bonds. The number of nitrogens with zero attached hydrogens (tertiary/aromatic N) is 4. The van der Waals surface area contributed by atoms with Crippen LogP contribution >= 0.6 is 15.9 Å². The van der Waals surface area contributed by atoms with E-state index in [0.29, 0.717) is 5.88 Å². The van der Waals surface area contributed by atoms with E-state index in [4.69, 9.17) is 4.74 Å².